The zero-order valence-electron chi connectivity index (χ0n) is 9.62. The Bertz CT molecular complexity index is 782. The monoisotopic (exact) mass is 257 g/mol. The van der Waals surface area contributed by atoms with Crippen molar-refractivity contribution < 1.29 is 14.3 Å². The summed E-state index contributed by atoms with van der Waals surface area (Å²) in [6.45, 7) is 0. The predicted octanol–water partition coefficient (Wildman–Crippen LogP) is 2.23. The first-order valence-corrected chi connectivity index (χ1v) is 5.49. The van der Waals surface area contributed by atoms with Gasteiger partial charge in [0.15, 0.2) is 11.3 Å². The van der Waals surface area contributed by atoms with Crippen LogP contribution in [0.5, 0.6) is 0 Å². The maximum atomic E-state index is 13.2. The molecule has 0 radical (unpaired) electrons. The minimum atomic E-state index is -1.17. The van der Waals surface area contributed by atoms with Gasteiger partial charge in [-0.1, -0.05) is 12.1 Å². The van der Waals surface area contributed by atoms with Crippen LogP contribution in [-0.2, 0) is 0 Å². The van der Waals surface area contributed by atoms with Gasteiger partial charge in [-0.05, 0) is 18.2 Å². The number of carboxylic acid groups (broad SMARTS) is 1. The summed E-state index contributed by atoms with van der Waals surface area (Å²) in [5.41, 5.74) is 0.574. The number of hydrogen-bond acceptors (Lipinski definition) is 3. The van der Waals surface area contributed by atoms with E-state index in [2.05, 4.69) is 9.97 Å². The molecule has 3 rings (SSSR count). The molecule has 0 aliphatic rings. The number of carbonyl (C=O) groups is 1. The summed E-state index contributed by atoms with van der Waals surface area (Å²) in [7, 11) is 0. The Labute approximate surface area is 107 Å². The van der Waals surface area contributed by atoms with Crippen molar-refractivity contribution >= 4 is 11.6 Å². The van der Waals surface area contributed by atoms with E-state index < -0.39 is 11.8 Å². The SMILES string of the molecule is O=C(O)c1nc(-c2cccc(F)c2)n2cccnc12. The van der Waals surface area contributed by atoms with E-state index in [1.54, 1.807) is 24.4 Å². The first kappa shape index (κ1) is 11.3. The third-order valence-corrected chi connectivity index (χ3v) is 2.69. The molecule has 0 amide bonds. The van der Waals surface area contributed by atoms with Gasteiger partial charge in [0.1, 0.15) is 11.6 Å². The molecule has 1 aromatic carbocycles. The number of benzene rings is 1. The maximum absolute atomic E-state index is 13.2. The second-order valence-electron chi connectivity index (χ2n) is 3.91. The molecule has 0 fully saturated rings. The fourth-order valence-corrected chi connectivity index (χ4v) is 1.90. The third-order valence-electron chi connectivity index (χ3n) is 2.69. The van der Waals surface area contributed by atoms with Gasteiger partial charge < -0.3 is 5.11 Å². The molecule has 3 aromatic rings. The van der Waals surface area contributed by atoms with Gasteiger partial charge in [-0.15, -0.1) is 0 Å². The fraction of sp³-hybridized carbons (Fsp3) is 0. The number of carboxylic acids is 1. The topological polar surface area (TPSA) is 67.5 Å². The van der Waals surface area contributed by atoms with Gasteiger partial charge in [0, 0.05) is 18.0 Å². The summed E-state index contributed by atoms with van der Waals surface area (Å²) in [6.07, 6.45) is 3.13. The van der Waals surface area contributed by atoms with Gasteiger partial charge in [0.05, 0.1) is 0 Å². The lowest BCUT2D eigenvalue weighted by Crippen LogP contribution is -1.98. The molecule has 5 nitrogen and oxygen atoms in total. The van der Waals surface area contributed by atoms with Crippen molar-refractivity contribution in [2.75, 3.05) is 0 Å². The average Bonchev–Trinajstić information content (AvgIpc) is 2.78. The molecule has 19 heavy (non-hydrogen) atoms. The van der Waals surface area contributed by atoms with Gasteiger partial charge in [0.25, 0.3) is 0 Å². The highest BCUT2D eigenvalue weighted by Gasteiger charge is 2.18. The number of nitrogens with zero attached hydrogens (tertiary/aromatic N) is 3. The lowest BCUT2D eigenvalue weighted by atomic mass is 10.2. The van der Waals surface area contributed by atoms with Crippen molar-refractivity contribution in [2.45, 2.75) is 0 Å². The number of aromatic nitrogens is 3. The largest absolute Gasteiger partial charge is 0.476 e. The predicted molar refractivity (Wildman–Crippen MR) is 65.3 cm³/mol. The zero-order valence-corrected chi connectivity index (χ0v) is 9.62. The van der Waals surface area contributed by atoms with Crippen LogP contribution in [0, 0.1) is 5.82 Å². The van der Waals surface area contributed by atoms with Crippen LogP contribution in [0.2, 0.25) is 0 Å². The minimum absolute atomic E-state index is 0.153. The highest BCUT2D eigenvalue weighted by molar-refractivity contribution is 5.93. The third kappa shape index (κ3) is 1.83. The molecule has 0 saturated carbocycles. The molecule has 0 atom stereocenters. The van der Waals surface area contributed by atoms with Crippen molar-refractivity contribution in [1.29, 1.82) is 0 Å². The summed E-state index contributed by atoms with van der Waals surface area (Å²) in [5.74, 6) is -1.23. The van der Waals surface area contributed by atoms with Gasteiger partial charge in [-0.3, -0.25) is 4.40 Å². The number of imidazole rings is 1. The molecule has 0 unspecified atom stereocenters. The molecule has 0 saturated heterocycles. The second kappa shape index (κ2) is 4.16. The fourth-order valence-electron chi connectivity index (χ4n) is 1.90. The van der Waals surface area contributed by atoms with Crippen molar-refractivity contribution in [2.24, 2.45) is 0 Å². The van der Waals surface area contributed by atoms with E-state index in [1.165, 1.54) is 22.7 Å². The Kier molecular flexibility index (Phi) is 2.49. The number of fused-ring (bicyclic) bond motifs is 1. The van der Waals surface area contributed by atoms with Crippen molar-refractivity contribution in [3.05, 3.63) is 54.2 Å². The molecule has 1 N–H and O–H groups in total. The van der Waals surface area contributed by atoms with Crippen LogP contribution >= 0.6 is 0 Å². The highest BCUT2D eigenvalue weighted by atomic mass is 19.1. The van der Waals surface area contributed by atoms with E-state index in [4.69, 9.17) is 5.11 Å². The van der Waals surface area contributed by atoms with Crippen molar-refractivity contribution in [3.63, 3.8) is 0 Å². The van der Waals surface area contributed by atoms with E-state index in [-0.39, 0.29) is 11.3 Å². The normalized spacial score (nSPS) is 10.8. The van der Waals surface area contributed by atoms with Gasteiger partial charge >= 0.3 is 5.97 Å². The van der Waals surface area contributed by atoms with Crippen molar-refractivity contribution in [3.8, 4) is 11.4 Å². The standard InChI is InChI=1S/C13H8FN3O2/c14-9-4-1-3-8(7-9)11-16-10(13(18)19)12-15-5-2-6-17(11)12/h1-7H,(H,18,19). The summed E-state index contributed by atoms with van der Waals surface area (Å²) in [5, 5.41) is 9.11. The van der Waals surface area contributed by atoms with Gasteiger partial charge in [-0.25, -0.2) is 19.2 Å². The summed E-state index contributed by atoms with van der Waals surface area (Å²) < 4.78 is 14.8. The number of halogens is 1. The zero-order chi connectivity index (χ0) is 13.4. The minimum Gasteiger partial charge on any atom is -0.476 e. The first-order chi connectivity index (χ1) is 9.16. The summed E-state index contributed by atoms with van der Waals surface area (Å²) in [4.78, 5) is 19.2. The van der Waals surface area contributed by atoms with E-state index in [0.717, 1.165) is 0 Å². The lowest BCUT2D eigenvalue weighted by Gasteiger charge is -2.00. The quantitative estimate of drug-likeness (QED) is 0.764. The molecule has 94 valence electrons. The smallest absolute Gasteiger partial charge is 0.358 e. The van der Waals surface area contributed by atoms with Crippen LogP contribution < -0.4 is 0 Å². The van der Waals surface area contributed by atoms with Gasteiger partial charge in [-0.2, -0.15) is 0 Å². The summed E-state index contributed by atoms with van der Waals surface area (Å²) in [6, 6.07) is 7.48. The van der Waals surface area contributed by atoms with Crippen LogP contribution in [0.15, 0.2) is 42.7 Å². The first-order valence-electron chi connectivity index (χ1n) is 5.49. The van der Waals surface area contributed by atoms with Crippen LogP contribution in [0.1, 0.15) is 10.5 Å². The van der Waals surface area contributed by atoms with E-state index in [9.17, 15) is 9.18 Å². The number of rotatable bonds is 2. The Morgan fingerprint density at radius 2 is 2.16 bits per heavy atom. The molecule has 0 spiro atoms. The Hall–Kier alpha value is -2.76. The number of aromatic carboxylic acids is 1. The molecule has 2 heterocycles. The summed E-state index contributed by atoms with van der Waals surface area (Å²) >= 11 is 0. The Balaban J connectivity index is 2.33. The van der Waals surface area contributed by atoms with E-state index in [1.807, 2.05) is 0 Å². The van der Waals surface area contributed by atoms with E-state index in [0.29, 0.717) is 11.4 Å². The van der Waals surface area contributed by atoms with Crippen LogP contribution in [0.3, 0.4) is 0 Å². The maximum Gasteiger partial charge on any atom is 0.358 e. The molecule has 0 aliphatic carbocycles. The molecular weight excluding hydrogens is 249 g/mol. The second-order valence-corrected chi connectivity index (χ2v) is 3.91. The Morgan fingerprint density at radius 1 is 1.32 bits per heavy atom. The Morgan fingerprint density at radius 3 is 2.89 bits per heavy atom. The molecule has 0 aliphatic heterocycles. The van der Waals surface area contributed by atoms with Crippen LogP contribution in [0.4, 0.5) is 4.39 Å². The van der Waals surface area contributed by atoms with Crippen LogP contribution in [0.25, 0.3) is 17.0 Å². The lowest BCUT2D eigenvalue weighted by molar-refractivity contribution is 0.0693. The number of hydrogen-bond donors (Lipinski definition) is 1. The molecule has 2 aromatic heterocycles. The highest BCUT2D eigenvalue weighted by Crippen LogP contribution is 2.22. The molecule has 0 bridgehead atoms. The average molecular weight is 257 g/mol. The van der Waals surface area contributed by atoms with Crippen LogP contribution in [-0.4, -0.2) is 25.4 Å². The molecule has 6 heteroatoms. The van der Waals surface area contributed by atoms with Crippen molar-refractivity contribution in [1.82, 2.24) is 14.4 Å². The van der Waals surface area contributed by atoms with Gasteiger partial charge in [0.2, 0.25) is 0 Å². The molecular formula is C13H8FN3O2. The van der Waals surface area contributed by atoms with E-state index >= 15 is 0 Å².